The molecule has 49 heavy (non-hydrogen) atoms. The number of para-hydroxylation sites is 2. The van der Waals surface area contributed by atoms with Gasteiger partial charge in [-0.2, -0.15) is 0 Å². The van der Waals surface area contributed by atoms with Gasteiger partial charge < -0.3 is 14.2 Å². The van der Waals surface area contributed by atoms with Crippen LogP contribution in [0.25, 0.3) is 0 Å². The third-order valence-electron chi connectivity index (χ3n) is 8.88. The molecule has 0 aliphatic carbocycles. The van der Waals surface area contributed by atoms with Crippen molar-refractivity contribution in [1.29, 1.82) is 0 Å². The third kappa shape index (κ3) is 7.81. The lowest BCUT2D eigenvalue weighted by atomic mass is 9.97. The Morgan fingerprint density at radius 3 is 1.08 bits per heavy atom. The lowest BCUT2D eigenvalue weighted by molar-refractivity contribution is -0.0591. The molecule has 0 aromatic heterocycles. The summed E-state index contributed by atoms with van der Waals surface area (Å²) < 4.78 is 20.9. The van der Waals surface area contributed by atoms with Crippen LogP contribution in [0.4, 0.5) is 0 Å². The highest BCUT2D eigenvalue weighted by Gasteiger charge is 2.42. The van der Waals surface area contributed by atoms with Crippen LogP contribution >= 0.6 is 0 Å². The van der Waals surface area contributed by atoms with Crippen LogP contribution in [-0.4, -0.2) is 19.0 Å². The van der Waals surface area contributed by atoms with E-state index in [4.69, 9.17) is 14.2 Å². The largest absolute Gasteiger partial charge is 0.457 e. The molecule has 0 N–H and O–H groups in total. The first kappa shape index (κ1) is 34.2. The van der Waals surface area contributed by atoms with Gasteiger partial charge in [-0.15, -0.1) is 0 Å². The van der Waals surface area contributed by atoms with Gasteiger partial charge in [0.05, 0.1) is 10.4 Å². The van der Waals surface area contributed by atoms with E-state index in [-0.39, 0.29) is 0 Å². The van der Waals surface area contributed by atoms with E-state index < -0.39 is 10.4 Å². The average molecular weight is 675 g/mol. The summed E-state index contributed by atoms with van der Waals surface area (Å²) in [5, 5.41) is 1.05. The maximum Gasteiger partial charge on any atom is 0.133 e. The van der Waals surface area contributed by atoms with Crippen LogP contribution in [-0.2, 0) is 15.2 Å². The number of rotatable bonds is 12. The van der Waals surface area contributed by atoms with E-state index in [0.717, 1.165) is 56.4 Å². The summed E-state index contributed by atoms with van der Waals surface area (Å²) in [5.74, 6) is 3.37. The van der Waals surface area contributed by atoms with Gasteiger partial charge in [0.25, 0.3) is 0 Å². The Kier molecular flexibility index (Phi) is 10.3. The van der Waals surface area contributed by atoms with Crippen LogP contribution < -0.4 is 19.8 Å². The molecular weight excluding hydrogens is 633 g/mol. The van der Waals surface area contributed by atoms with Crippen molar-refractivity contribution in [2.75, 3.05) is 0 Å². The molecule has 0 amide bonds. The zero-order chi connectivity index (χ0) is 34.4. The van der Waals surface area contributed by atoms with Crippen LogP contribution in [0.5, 0.6) is 23.0 Å². The van der Waals surface area contributed by atoms with Crippen molar-refractivity contribution in [3.63, 3.8) is 0 Å². The smallest absolute Gasteiger partial charge is 0.133 e. The zero-order valence-electron chi connectivity index (χ0n) is 29.1. The summed E-state index contributed by atoms with van der Waals surface area (Å²) in [4.78, 5) is 0. The standard InChI is InChI=1S/C44H42O3Si2/c1-31-27-29-39(33(3)41(31)45-35-19-11-7-12-20-35)43(5,48-37-23-15-9-16-24-37)47-44(6,49-38-25-17-10-18-26-38)40-30-28-32(2)42(34(40)4)46-36-21-13-8-14-22-36/h7-30H,1-6H3. The van der Waals surface area contributed by atoms with Gasteiger partial charge in [0.2, 0.25) is 0 Å². The van der Waals surface area contributed by atoms with Crippen molar-refractivity contribution >= 4 is 29.4 Å². The molecule has 5 heteroatoms. The summed E-state index contributed by atoms with van der Waals surface area (Å²) >= 11 is 0. The Hall–Kier alpha value is -4.69. The number of aryl methyl sites for hydroxylation is 2. The summed E-state index contributed by atoms with van der Waals surface area (Å²) in [6, 6.07) is 50.2. The lowest BCUT2D eigenvalue weighted by Crippen LogP contribution is -2.50. The quantitative estimate of drug-likeness (QED) is 0.121. The molecule has 6 aromatic rings. The fraction of sp³-hybridized carbons (Fsp3) is 0.182. The molecule has 6 aromatic carbocycles. The van der Waals surface area contributed by atoms with E-state index in [2.05, 4.69) is 126 Å². The fourth-order valence-corrected chi connectivity index (χ4v) is 9.76. The van der Waals surface area contributed by atoms with Crippen LogP contribution in [0.1, 0.15) is 47.2 Å². The molecule has 0 heterocycles. The molecule has 0 aliphatic rings. The van der Waals surface area contributed by atoms with Gasteiger partial charge in [-0.25, -0.2) is 0 Å². The number of ether oxygens (including phenoxy) is 3. The van der Waals surface area contributed by atoms with Crippen LogP contribution in [0, 0.1) is 27.7 Å². The molecule has 244 valence electrons. The van der Waals surface area contributed by atoms with Gasteiger partial charge in [-0.1, -0.05) is 132 Å². The maximum atomic E-state index is 7.77. The second kappa shape index (κ2) is 14.8. The summed E-state index contributed by atoms with van der Waals surface area (Å²) in [7, 11) is 0.655. The minimum absolute atomic E-state index is 0.327. The van der Waals surface area contributed by atoms with Gasteiger partial charge in [0.15, 0.2) is 0 Å². The van der Waals surface area contributed by atoms with E-state index in [0.29, 0.717) is 19.0 Å². The summed E-state index contributed by atoms with van der Waals surface area (Å²) in [6.07, 6.45) is 0. The predicted molar refractivity (Wildman–Crippen MR) is 204 cm³/mol. The van der Waals surface area contributed by atoms with E-state index in [1.807, 2.05) is 60.7 Å². The summed E-state index contributed by atoms with van der Waals surface area (Å²) in [5.41, 5.74) is 6.55. The Balaban J connectivity index is 1.51. The minimum Gasteiger partial charge on any atom is -0.457 e. The Bertz CT molecular complexity index is 1850. The van der Waals surface area contributed by atoms with Gasteiger partial charge in [-0.05, 0) is 99.2 Å². The molecule has 0 bridgehead atoms. The number of hydrogen-bond acceptors (Lipinski definition) is 3. The fourth-order valence-electron chi connectivity index (χ4n) is 6.51. The van der Waals surface area contributed by atoms with E-state index >= 15 is 0 Å². The van der Waals surface area contributed by atoms with Crippen LogP contribution in [0.2, 0.25) is 0 Å². The second-order valence-corrected chi connectivity index (χ2v) is 16.3. The normalized spacial score (nSPS) is 13.7. The third-order valence-corrected chi connectivity index (χ3v) is 11.8. The van der Waals surface area contributed by atoms with Crippen molar-refractivity contribution in [1.82, 2.24) is 0 Å². The molecule has 2 unspecified atom stereocenters. The highest BCUT2D eigenvalue weighted by molar-refractivity contribution is 6.58. The first-order valence-electron chi connectivity index (χ1n) is 16.7. The molecule has 6 rings (SSSR count). The van der Waals surface area contributed by atoms with Gasteiger partial charge >= 0.3 is 0 Å². The highest BCUT2D eigenvalue weighted by atomic mass is 28.2. The minimum atomic E-state index is -0.706. The van der Waals surface area contributed by atoms with Crippen LogP contribution in [0.3, 0.4) is 0 Å². The molecular formula is C44H42O3Si2. The second-order valence-electron chi connectivity index (χ2n) is 12.7. The lowest BCUT2D eigenvalue weighted by Gasteiger charge is -2.43. The topological polar surface area (TPSA) is 27.7 Å². The van der Waals surface area contributed by atoms with Gasteiger partial charge in [0.1, 0.15) is 42.0 Å². The molecule has 3 nitrogen and oxygen atoms in total. The van der Waals surface area contributed by atoms with Crippen molar-refractivity contribution in [2.45, 2.75) is 52.0 Å². The SMILES string of the molecule is Cc1ccc(C(C)(OC(C)([Si]c2ccccc2)c2ccc(C)c(Oc3ccccc3)c2C)[Si]c2ccccc2)c(C)c1Oc1ccccc1. The van der Waals surface area contributed by atoms with Gasteiger partial charge in [0, 0.05) is 0 Å². The molecule has 2 atom stereocenters. The molecule has 0 saturated carbocycles. The van der Waals surface area contributed by atoms with Crippen LogP contribution in [0.15, 0.2) is 146 Å². The van der Waals surface area contributed by atoms with Crippen molar-refractivity contribution < 1.29 is 14.2 Å². The molecule has 0 fully saturated rings. The molecule has 0 aliphatic heterocycles. The Morgan fingerprint density at radius 2 is 0.735 bits per heavy atom. The number of benzene rings is 6. The molecule has 4 radical (unpaired) electrons. The van der Waals surface area contributed by atoms with Gasteiger partial charge in [-0.3, -0.25) is 0 Å². The first-order chi connectivity index (χ1) is 23.6. The maximum absolute atomic E-state index is 7.77. The Morgan fingerprint density at radius 1 is 0.408 bits per heavy atom. The first-order valence-corrected chi connectivity index (χ1v) is 18.7. The predicted octanol–water partition coefficient (Wildman–Crippen LogP) is 9.63. The zero-order valence-corrected chi connectivity index (χ0v) is 31.1. The molecule has 0 spiro atoms. The van der Waals surface area contributed by atoms with E-state index in [9.17, 15) is 0 Å². The Labute approximate surface area is 296 Å². The highest BCUT2D eigenvalue weighted by Crippen LogP contribution is 2.43. The monoisotopic (exact) mass is 674 g/mol. The van der Waals surface area contributed by atoms with Crippen molar-refractivity contribution in [2.24, 2.45) is 0 Å². The molecule has 0 saturated heterocycles. The average Bonchev–Trinajstić information content (AvgIpc) is 3.10. The van der Waals surface area contributed by atoms with E-state index in [1.165, 1.54) is 10.4 Å². The van der Waals surface area contributed by atoms with E-state index in [1.54, 1.807) is 0 Å². The summed E-state index contributed by atoms with van der Waals surface area (Å²) in [6.45, 7) is 13.0. The van der Waals surface area contributed by atoms with Crippen molar-refractivity contribution in [3.05, 3.63) is 179 Å². The number of hydrogen-bond donors (Lipinski definition) is 0. The van der Waals surface area contributed by atoms with Crippen molar-refractivity contribution in [3.8, 4) is 23.0 Å².